The number of hydrogen-bond acceptors (Lipinski definition) is 0. The first-order chi connectivity index (χ1) is 4.93. The lowest BCUT2D eigenvalue weighted by Crippen LogP contribution is -1.96. The lowest BCUT2D eigenvalue weighted by molar-refractivity contribution is 0.424. The van der Waals surface area contributed by atoms with Crippen molar-refractivity contribution in [3.63, 3.8) is 0 Å². The fourth-order valence-electron chi connectivity index (χ4n) is 2.06. The molecule has 1 fully saturated rings. The van der Waals surface area contributed by atoms with Crippen LogP contribution < -0.4 is 0 Å². The van der Waals surface area contributed by atoms with Crippen LogP contribution in [-0.2, 0) is 0 Å². The third kappa shape index (κ3) is 4.44. The second-order valence-electron chi connectivity index (χ2n) is 3.65. The molecular formula is C11H24. The number of hydrogen-bond donors (Lipinski definition) is 0. The van der Waals surface area contributed by atoms with Crippen molar-refractivity contribution in [2.75, 3.05) is 0 Å². The smallest absolute Gasteiger partial charge is 0.0414 e. The van der Waals surface area contributed by atoms with Gasteiger partial charge in [-0.05, 0) is 5.92 Å². The maximum absolute atomic E-state index is 2.31. The normalized spacial score (nSPS) is 20.5. The third-order valence-electron chi connectivity index (χ3n) is 2.67. The minimum absolute atomic E-state index is 0. The molecule has 0 nitrogen and oxygen atoms in total. The molecule has 0 heteroatoms. The van der Waals surface area contributed by atoms with Crippen LogP contribution in [0.15, 0.2) is 0 Å². The van der Waals surface area contributed by atoms with E-state index in [2.05, 4.69) is 6.92 Å². The molecule has 1 rings (SSSR count). The highest BCUT2D eigenvalue weighted by atomic mass is 14.2. The maximum Gasteiger partial charge on any atom is -0.0414 e. The van der Waals surface area contributed by atoms with Gasteiger partial charge < -0.3 is 0 Å². The van der Waals surface area contributed by atoms with E-state index in [1.807, 2.05) is 0 Å². The van der Waals surface area contributed by atoms with E-state index in [1.54, 1.807) is 0 Å². The summed E-state index contributed by atoms with van der Waals surface area (Å²) in [5, 5.41) is 0. The molecule has 11 heavy (non-hydrogen) atoms. The largest absolute Gasteiger partial charge is 0.0776 e. The average molecular weight is 156 g/mol. The summed E-state index contributed by atoms with van der Waals surface area (Å²) >= 11 is 0. The Morgan fingerprint density at radius 3 is 2.00 bits per heavy atom. The van der Waals surface area contributed by atoms with Crippen molar-refractivity contribution < 1.29 is 0 Å². The van der Waals surface area contributed by atoms with E-state index in [4.69, 9.17) is 0 Å². The van der Waals surface area contributed by atoms with E-state index in [0.717, 1.165) is 5.92 Å². The predicted octanol–water partition coefficient (Wildman–Crippen LogP) is 4.39. The van der Waals surface area contributed by atoms with Crippen molar-refractivity contribution in [3.05, 3.63) is 0 Å². The molecule has 0 saturated heterocycles. The van der Waals surface area contributed by atoms with Crippen molar-refractivity contribution in [1.82, 2.24) is 0 Å². The van der Waals surface area contributed by atoms with E-state index < -0.39 is 0 Å². The van der Waals surface area contributed by atoms with Crippen LogP contribution in [0.4, 0.5) is 0 Å². The van der Waals surface area contributed by atoms with Crippen LogP contribution in [-0.4, -0.2) is 0 Å². The molecule has 1 aliphatic rings. The quantitative estimate of drug-likeness (QED) is 0.520. The van der Waals surface area contributed by atoms with Crippen molar-refractivity contribution in [2.24, 2.45) is 5.92 Å². The monoisotopic (exact) mass is 156 g/mol. The molecular weight excluding hydrogens is 132 g/mol. The Morgan fingerprint density at radius 1 is 1.00 bits per heavy atom. The topological polar surface area (TPSA) is 0 Å². The van der Waals surface area contributed by atoms with Gasteiger partial charge in [-0.3, -0.25) is 0 Å². The Kier molecular flexibility index (Phi) is 6.69. The van der Waals surface area contributed by atoms with Crippen molar-refractivity contribution in [1.29, 1.82) is 0 Å². The van der Waals surface area contributed by atoms with Gasteiger partial charge in [-0.2, -0.15) is 0 Å². The van der Waals surface area contributed by atoms with Crippen LogP contribution >= 0.6 is 0 Å². The highest BCUT2D eigenvalue weighted by molar-refractivity contribution is 4.63. The van der Waals surface area contributed by atoms with Gasteiger partial charge in [0, 0.05) is 0 Å². The molecule has 1 aliphatic carbocycles. The van der Waals surface area contributed by atoms with Gasteiger partial charge in [-0.25, -0.2) is 0 Å². The molecule has 0 heterocycles. The first-order valence-electron chi connectivity index (χ1n) is 4.93. The Bertz CT molecular complexity index is 68.1. The van der Waals surface area contributed by atoms with E-state index in [-0.39, 0.29) is 7.43 Å². The van der Waals surface area contributed by atoms with Gasteiger partial charge in [0.15, 0.2) is 0 Å². The number of rotatable bonds is 2. The average Bonchev–Trinajstić information content (AvgIpc) is 2.17. The summed E-state index contributed by atoms with van der Waals surface area (Å²) in [6, 6.07) is 0. The summed E-state index contributed by atoms with van der Waals surface area (Å²) in [6.45, 7) is 2.31. The standard InChI is InChI=1S/C10H20.CH4/c1-2-7-10-8-5-3-4-6-9-10;/h10H,2-9H2,1H3;1H4. The van der Waals surface area contributed by atoms with Gasteiger partial charge in [-0.15, -0.1) is 0 Å². The Hall–Kier alpha value is 0. The summed E-state index contributed by atoms with van der Waals surface area (Å²) in [4.78, 5) is 0. The van der Waals surface area contributed by atoms with E-state index in [0.29, 0.717) is 0 Å². The van der Waals surface area contributed by atoms with Crippen LogP contribution in [0.5, 0.6) is 0 Å². The zero-order valence-electron chi connectivity index (χ0n) is 7.23. The molecule has 0 N–H and O–H groups in total. The van der Waals surface area contributed by atoms with E-state index in [1.165, 1.54) is 51.4 Å². The second kappa shape index (κ2) is 6.69. The van der Waals surface area contributed by atoms with Gasteiger partial charge >= 0.3 is 0 Å². The predicted molar refractivity (Wildman–Crippen MR) is 52.8 cm³/mol. The Morgan fingerprint density at radius 2 is 1.55 bits per heavy atom. The zero-order chi connectivity index (χ0) is 7.23. The van der Waals surface area contributed by atoms with Crippen LogP contribution in [0.2, 0.25) is 0 Å². The maximum atomic E-state index is 2.31. The molecule has 0 aromatic heterocycles. The zero-order valence-corrected chi connectivity index (χ0v) is 7.23. The van der Waals surface area contributed by atoms with Crippen molar-refractivity contribution >= 4 is 0 Å². The van der Waals surface area contributed by atoms with Gasteiger partial charge in [0.25, 0.3) is 0 Å². The summed E-state index contributed by atoms with van der Waals surface area (Å²) in [6.07, 6.45) is 11.9. The molecule has 0 bridgehead atoms. The van der Waals surface area contributed by atoms with E-state index >= 15 is 0 Å². The highest BCUT2D eigenvalue weighted by Gasteiger charge is 2.09. The SMILES string of the molecule is C.CCCC1CCCCCC1. The Balaban J connectivity index is 0.000001000. The van der Waals surface area contributed by atoms with Crippen LogP contribution in [0.25, 0.3) is 0 Å². The fourth-order valence-corrected chi connectivity index (χ4v) is 2.06. The third-order valence-corrected chi connectivity index (χ3v) is 2.67. The summed E-state index contributed by atoms with van der Waals surface area (Å²) in [5.74, 6) is 1.09. The second-order valence-corrected chi connectivity index (χ2v) is 3.65. The molecule has 68 valence electrons. The highest BCUT2D eigenvalue weighted by Crippen LogP contribution is 2.25. The minimum atomic E-state index is 0. The van der Waals surface area contributed by atoms with Crippen LogP contribution in [0, 0.1) is 5.92 Å². The first kappa shape index (κ1) is 11.0. The van der Waals surface area contributed by atoms with Crippen molar-refractivity contribution in [2.45, 2.75) is 65.7 Å². The molecule has 0 spiro atoms. The lowest BCUT2D eigenvalue weighted by Gasteiger charge is -2.10. The van der Waals surface area contributed by atoms with Crippen molar-refractivity contribution in [3.8, 4) is 0 Å². The van der Waals surface area contributed by atoms with Crippen LogP contribution in [0.1, 0.15) is 65.7 Å². The van der Waals surface area contributed by atoms with E-state index in [9.17, 15) is 0 Å². The van der Waals surface area contributed by atoms with Gasteiger partial charge in [0.05, 0.1) is 0 Å². The molecule has 0 unspecified atom stereocenters. The summed E-state index contributed by atoms with van der Waals surface area (Å²) in [5.41, 5.74) is 0. The van der Waals surface area contributed by atoms with Gasteiger partial charge in [0.1, 0.15) is 0 Å². The Labute approximate surface area is 72.4 Å². The molecule has 1 saturated carbocycles. The fraction of sp³-hybridized carbons (Fsp3) is 1.00. The summed E-state index contributed by atoms with van der Waals surface area (Å²) in [7, 11) is 0. The molecule has 0 aromatic carbocycles. The van der Waals surface area contributed by atoms with Crippen LogP contribution in [0.3, 0.4) is 0 Å². The molecule has 0 aliphatic heterocycles. The molecule has 0 aromatic rings. The first-order valence-corrected chi connectivity index (χ1v) is 4.93. The minimum Gasteiger partial charge on any atom is -0.0776 e. The molecule has 0 radical (unpaired) electrons. The summed E-state index contributed by atoms with van der Waals surface area (Å²) < 4.78 is 0. The molecule has 0 atom stereocenters. The lowest BCUT2D eigenvalue weighted by atomic mass is 9.96. The van der Waals surface area contributed by atoms with Gasteiger partial charge in [0.2, 0.25) is 0 Å². The van der Waals surface area contributed by atoms with Gasteiger partial charge in [-0.1, -0.05) is 65.7 Å². The molecule has 0 amide bonds.